The zero-order valence-electron chi connectivity index (χ0n) is 14.5. The van der Waals surface area contributed by atoms with Crippen LogP contribution in [0.2, 0.25) is 0 Å². The minimum atomic E-state index is 0.00857. The maximum absolute atomic E-state index is 12.0. The number of hydrogen-bond acceptors (Lipinski definition) is 2. The highest BCUT2D eigenvalue weighted by Crippen LogP contribution is 2.11. The summed E-state index contributed by atoms with van der Waals surface area (Å²) in [6.45, 7) is 9.45. The van der Waals surface area contributed by atoms with E-state index in [9.17, 15) is 4.79 Å². The van der Waals surface area contributed by atoms with Gasteiger partial charge >= 0.3 is 0 Å². The average Bonchev–Trinajstić information content (AvgIpc) is 2.52. The molecule has 2 rings (SSSR count). The summed E-state index contributed by atoms with van der Waals surface area (Å²) in [5, 5.41) is 3.12. The molecule has 0 saturated carbocycles. The van der Waals surface area contributed by atoms with Crippen LogP contribution < -0.4 is 5.32 Å². The van der Waals surface area contributed by atoms with Crippen molar-refractivity contribution in [2.75, 3.05) is 19.6 Å². The number of aryl methyl sites for hydroxylation is 1. The Hall–Kier alpha value is -1.87. The molecular weight excluding hydrogens is 284 g/mol. The number of carbonyl (C=O) groups is 1. The molecule has 0 bridgehead atoms. The van der Waals surface area contributed by atoms with E-state index in [2.05, 4.69) is 49.2 Å². The third kappa shape index (κ3) is 6.41. The van der Waals surface area contributed by atoms with Gasteiger partial charge in [-0.05, 0) is 45.3 Å². The Balaban J connectivity index is 1.75. The van der Waals surface area contributed by atoms with E-state index in [0.29, 0.717) is 6.04 Å². The van der Waals surface area contributed by atoms with Gasteiger partial charge in [0.05, 0.1) is 0 Å². The summed E-state index contributed by atoms with van der Waals surface area (Å²) in [7, 11) is 0. The third-order valence-corrected chi connectivity index (χ3v) is 4.16. The molecule has 0 atom stereocenters. The molecule has 1 aliphatic heterocycles. The highest BCUT2D eigenvalue weighted by atomic mass is 16.1. The fourth-order valence-electron chi connectivity index (χ4n) is 2.77. The molecular formula is C20H28N2O. The Bertz CT molecular complexity index is 577. The molecule has 1 aliphatic rings. The molecule has 0 unspecified atom stereocenters. The first kappa shape index (κ1) is 17.5. The zero-order chi connectivity index (χ0) is 16.7. The van der Waals surface area contributed by atoms with E-state index in [-0.39, 0.29) is 5.91 Å². The van der Waals surface area contributed by atoms with Crippen LogP contribution >= 0.6 is 0 Å². The van der Waals surface area contributed by atoms with Crippen molar-refractivity contribution < 1.29 is 4.79 Å². The summed E-state index contributed by atoms with van der Waals surface area (Å²) < 4.78 is 0. The van der Waals surface area contributed by atoms with Crippen molar-refractivity contribution in [2.45, 2.75) is 39.7 Å². The maximum Gasteiger partial charge on any atom is 0.244 e. The first-order valence-electron chi connectivity index (χ1n) is 8.44. The number of rotatable bonds is 5. The molecule has 1 fully saturated rings. The van der Waals surface area contributed by atoms with Gasteiger partial charge in [-0.15, -0.1) is 0 Å². The van der Waals surface area contributed by atoms with Crippen LogP contribution in [-0.4, -0.2) is 36.5 Å². The van der Waals surface area contributed by atoms with Crippen molar-refractivity contribution in [3.05, 3.63) is 53.1 Å². The zero-order valence-corrected chi connectivity index (χ0v) is 14.5. The molecule has 1 aromatic rings. The van der Waals surface area contributed by atoms with Crippen LogP contribution in [0.1, 0.15) is 37.8 Å². The lowest BCUT2D eigenvalue weighted by atomic mass is 10.0. The number of likely N-dealkylation sites (tertiary alicyclic amines) is 1. The van der Waals surface area contributed by atoms with E-state index in [1.807, 2.05) is 18.2 Å². The molecule has 1 saturated heterocycles. The molecule has 0 aliphatic carbocycles. The molecule has 1 aromatic carbocycles. The monoisotopic (exact) mass is 312 g/mol. The maximum atomic E-state index is 12.0. The summed E-state index contributed by atoms with van der Waals surface area (Å²) in [6, 6.07) is 8.45. The lowest BCUT2D eigenvalue weighted by Gasteiger charge is -2.31. The Labute approximate surface area is 140 Å². The molecule has 3 nitrogen and oxygen atoms in total. The van der Waals surface area contributed by atoms with Gasteiger partial charge in [0.1, 0.15) is 0 Å². The van der Waals surface area contributed by atoms with E-state index in [0.717, 1.165) is 38.0 Å². The molecule has 0 radical (unpaired) electrons. The van der Waals surface area contributed by atoms with Gasteiger partial charge in [-0.2, -0.15) is 0 Å². The van der Waals surface area contributed by atoms with Crippen molar-refractivity contribution in [3.63, 3.8) is 0 Å². The van der Waals surface area contributed by atoms with Crippen LogP contribution in [0.25, 0.3) is 6.08 Å². The molecule has 0 aromatic heterocycles. The SMILES string of the molecule is CC(C)=CCN1CCC(NC(=O)/C=C/c2cccc(C)c2)CC1. The van der Waals surface area contributed by atoms with E-state index in [1.54, 1.807) is 6.08 Å². The lowest BCUT2D eigenvalue weighted by molar-refractivity contribution is -0.117. The smallest absolute Gasteiger partial charge is 0.244 e. The van der Waals surface area contributed by atoms with Gasteiger partial charge in [-0.1, -0.05) is 41.5 Å². The third-order valence-electron chi connectivity index (χ3n) is 4.16. The highest BCUT2D eigenvalue weighted by molar-refractivity contribution is 5.91. The van der Waals surface area contributed by atoms with E-state index >= 15 is 0 Å². The minimum absolute atomic E-state index is 0.00857. The predicted octanol–water partition coefficient (Wildman–Crippen LogP) is 3.56. The summed E-state index contributed by atoms with van der Waals surface area (Å²) in [6.07, 6.45) is 7.85. The van der Waals surface area contributed by atoms with Crippen molar-refractivity contribution in [3.8, 4) is 0 Å². The average molecular weight is 312 g/mol. The van der Waals surface area contributed by atoms with Crippen LogP contribution in [0, 0.1) is 6.92 Å². The quantitative estimate of drug-likeness (QED) is 0.666. The molecule has 1 amide bonds. The van der Waals surface area contributed by atoms with Crippen molar-refractivity contribution in [1.82, 2.24) is 10.2 Å². The number of hydrogen-bond donors (Lipinski definition) is 1. The second kappa shape index (κ2) is 8.68. The second-order valence-corrected chi connectivity index (χ2v) is 6.61. The number of amides is 1. The Morgan fingerprint density at radius 3 is 2.70 bits per heavy atom. The first-order valence-corrected chi connectivity index (χ1v) is 8.44. The summed E-state index contributed by atoms with van der Waals surface area (Å²) in [5.41, 5.74) is 3.63. The minimum Gasteiger partial charge on any atom is -0.350 e. The number of piperidine rings is 1. The fraction of sp³-hybridized carbons (Fsp3) is 0.450. The van der Waals surface area contributed by atoms with Crippen LogP contribution in [0.3, 0.4) is 0 Å². The Morgan fingerprint density at radius 1 is 1.30 bits per heavy atom. The van der Waals surface area contributed by atoms with Crippen LogP contribution in [0.5, 0.6) is 0 Å². The van der Waals surface area contributed by atoms with E-state index < -0.39 is 0 Å². The molecule has 0 spiro atoms. The predicted molar refractivity (Wildman–Crippen MR) is 97.2 cm³/mol. The topological polar surface area (TPSA) is 32.3 Å². The molecule has 23 heavy (non-hydrogen) atoms. The Kier molecular flexibility index (Phi) is 6.60. The number of carbonyl (C=O) groups excluding carboxylic acids is 1. The van der Waals surface area contributed by atoms with Gasteiger partial charge < -0.3 is 5.32 Å². The van der Waals surface area contributed by atoms with Crippen LogP contribution in [0.15, 0.2) is 42.0 Å². The number of nitrogens with one attached hydrogen (secondary N) is 1. The number of nitrogens with zero attached hydrogens (tertiary/aromatic N) is 1. The van der Waals surface area contributed by atoms with Gasteiger partial charge in [0.15, 0.2) is 0 Å². The van der Waals surface area contributed by atoms with Gasteiger partial charge in [-0.25, -0.2) is 0 Å². The largest absolute Gasteiger partial charge is 0.350 e. The number of benzene rings is 1. The van der Waals surface area contributed by atoms with Gasteiger partial charge in [-0.3, -0.25) is 9.69 Å². The van der Waals surface area contributed by atoms with Crippen LogP contribution in [0.4, 0.5) is 0 Å². The fourth-order valence-corrected chi connectivity index (χ4v) is 2.77. The lowest BCUT2D eigenvalue weighted by Crippen LogP contribution is -2.44. The summed E-state index contributed by atoms with van der Waals surface area (Å²) in [5.74, 6) is 0.00857. The molecule has 1 N–H and O–H groups in total. The second-order valence-electron chi connectivity index (χ2n) is 6.61. The van der Waals surface area contributed by atoms with Gasteiger partial charge in [0, 0.05) is 31.8 Å². The van der Waals surface area contributed by atoms with Crippen molar-refractivity contribution in [2.24, 2.45) is 0 Å². The summed E-state index contributed by atoms with van der Waals surface area (Å²) >= 11 is 0. The van der Waals surface area contributed by atoms with E-state index in [4.69, 9.17) is 0 Å². The molecule has 124 valence electrons. The van der Waals surface area contributed by atoms with Gasteiger partial charge in [0.2, 0.25) is 5.91 Å². The Morgan fingerprint density at radius 2 is 2.04 bits per heavy atom. The van der Waals surface area contributed by atoms with Gasteiger partial charge in [0.25, 0.3) is 0 Å². The highest BCUT2D eigenvalue weighted by Gasteiger charge is 2.19. The normalized spacial score (nSPS) is 16.5. The summed E-state index contributed by atoms with van der Waals surface area (Å²) in [4.78, 5) is 14.5. The standard InChI is InChI=1S/C20H28N2O/c1-16(2)9-12-22-13-10-19(11-14-22)21-20(23)8-7-18-6-4-5-17(3)15-18/h4-9,15,19H,10-14H2,1-3H3,(H,21,23)/b8-7+. The number of allylic oxidation sites excluding steroid dienone is 1. The van der Waals surface area contributed by atoms with E-state index in [1.165, 1.54) is 11.1 Å². The van der Waals surface area contributed by atoms with Crippen molar-refractivity contribution in [1.29, 1.82) is 0 Å². The molecule has 3 heteroatoms. The van der Waals surface area contributed by atoms with Crippen molar-refractivity contribution >= 4 is 12.0 Å². The molecule has 1 heterocycles. The first-order chi connectivity index (χ1) is 11.0. The van der Waals surface area contributed by atoms with Crippen LogP contribution in [-0.2, 0) is 4.79 Å².